The van der Waals surface area contributed by atoms with Crippen LogP contribution in [0.5, 0.6) is 0 Å². The summed E-state index contributed by atoms with van der Waals surface area (Å²) < 4.78 is 5.17. The molecule has 0 aromatic carbocycles. The van der Waals surface area contributed by atoms with Gasteiger partial charge in [0.25, 0.3) is 0 Å². The first-order valence-electron chi connectivity index (χ1n) is 6.34. The summed E-state index contributed by atoms with van der Waals surface area (Å²) in [4.78, 5) is 2.51. The largest absolute Gasteiger partial charge is 0.394 e. The summed E-state index contributed by atoms with van der Waals surface area (Å²) in [6, 6.07) is 0. The monoisotopic (exact) mass is 230 g/mol. The molecule has 0 saturated carbocycles. The maximum Gasteiger partial charge on any atom is 0.0698 e. The Morgan fingerprint density at radius 3 is 2.75 bits per heavy atom. The van der Waals surface area contributed by atoms with E-state index in [2.05, 4.69) is 24.1 Å². The second-order valence-electron chi connectivity index (χ2n) is 5.02. The molecule has 1 saturated heterocycles. The van der Waals surface area contributed by atoms with Crippen molar-refractivity contribution in [2.45, 2.75) is 13.8 Å². The van der Waals surface area contributed by atoms with Gasteiger partial charge >= 0.3 is 0 Å². The summed E-state index contributed by atoms with van der Waals surface area (Å²) in [6.07, 6.45) is 0. The van der Waals surface area contributed by atoms with Gasteiger partial charge in [0.15, 0.2) is 0 Å². The number of ether oxygens (including phenoxy) is 1. The van der Waals surface area contributed by atoms with Crippen molar-refractivity contribution in [2.75, 3.05) is 52.5 Å². The van der Waals surface area contributed by atoms with Crippen LogP contribution in [0.15, 0.2) is 0 Å². The zero-order valence-corrected chi connectivity index (χ0v) is 10.6. The van der Waals surface area contributed by atoms with E-state index in [0.29, 0.717) is 13.2 Å². The predicted molar refractivity (Wildman–Crippen MR) is 65.5 cm³/mol. The first-order chi connectivity index (χ1) is 7.72. The van der Waals surface area contributed by atoms with E-state index in [1.807, 2.05) is 0 Å². The number of hydrogen-bond acceptors (Lipinski definition) is 4. The molecule has 1 fully saturated rings. The zero-order valence-electron chi connectivity index (χ0n) is 10.6. The van der Waals surface area contributed by atoms with Crippen LogP contribution in [0.3, 0.4) is 0 Å². The highest BCUT2D eigenvalue weighted by Gasteiger charge is 2.25. The van der Waals surface area contributed by atoms with Gasteiger partial charge < -0.3 is 20.1 Å². The van der Waals surface area contributed by atoms with Crippen LogP contribution in [-0.4, -0.2) is 62.6 Å². The summed E-state index contributed by atoms with van der Waals surface area (Å²) >= 11 is 0. The molecule has 0 radical (unpaired) electrons. The minimum atomic E-state index is 0.118. The molecule has 4 heteroatoms. The Morgan fingerprint density at radius 1 is 1.38 bits per heavy atom. The molecule has 0 atom stereocenters. The number of hydrogen-bond donors (Lipinski definition) is 2. The molecule has 1 aliphatic heterocycles. The molecule has 0 unspecified atom stereocenters. The van der Waals surface area contributed by atoms with Crippen molar-refractivity contribution in [1.82, 2.24) is 10.2 Å². The quantitative estimate of drug-likeness (QED) is 0.554. The Balaban J connectivity index is 1.82. The lowest BCUT2D eigenvalue weighted by molar-refractivity contribution is 0.0769. The van der Waals surface area contributed by atoms with E-state index in [-0.39, 0.29) is 6.61 Å². The highest BCUT2D eigenvalue weighted by atomic mass is 16.5. The number of aliphatic hydroxyl groups is 1. The average molecular weight is 230 g/mol. The SMILES string of the molecule is CC(C)CN1CC(CNCCOCCO)C1. The van der Waals surface area contributed by atoms with Gasteiger partial charge in [-0.3, -0.25) is 0 Å². The number of likely N-dealkylation sites (tertiary alicyclic amines) is 1. The van der Waals surface area contributed by atoms with Crippen molar-refractivity contribution >= 4 is 0 Å². The van der Waals surface area contributed by atoms with E-state index < -0.39 is 0 Å². The number of nitrogens with zero attached hydrogens (tertiary/aromatic N) is 1. The summed E-state index contributed by atoms with van der Waals surface area (Å²) in [5.41, 5.74) is 0. The molecule has 1 rings (SSSR count). The average Bonchev–Trinajstić information content (AvgIpc) is 2.18. The molecular weight excluding hydrogens is 204 g/mol. The van der Waals surface area contributed by atoms with Gasteiger partial charge in [-0.1, -0.05) is 13.8 Å². The summed E-state index contributed by atoms with van der Waals surface area (Å²) in [6.45, 7) is 11.5. The fraction of sp³-hybridized carbons (Fsp3) is 1.00. The maximum absolute atomic E-state index is 8.51. The first kappa shape index (κ1) is 13.9. The predicted octanol–water partition coefficient (Wildman–Crippen LogP) is 0.173. The molecule has 0 aromatic rings. The van der Waals surface area contributed by atoms with Gasteiger partial charge in [-0.05, 0) is 11.8 Å². The van der Waals surface area contributed by atoms with Crippen LogP contribution in [0.4, 0.5) is 0 Å². The van der Waals surface area contributed by atoms with Crippen LogP contribution < -0.4 is 5.32 Å². The fourth-order valence-electron chi connectivity index (χ4n) is 2.09. The minimum absolute atomic E-state index is 0.118. The van der Waals surface area contributed by atoms with Crippen LogP contribution in [0.2, 0.25) is 0 Å². The number of rotatable bonds is 9. The fourth-order valence-corrected chi connectivity index (χ4v) is 2.09. The lowest BCUT2D eigenvalue weighted by Gasteiger charge is -2.40. The van der Waals surface area contributed by atoms with Crippen molar-refractivity contribution in [1.29, 1.82) is 0 Å². The molecule has 16 heavy (non-hydrogen) atoms. The molecule has 0 aromatic heterocycles. The van der Waals surface area contributed by atoms with Crippen molar-refractivity contribution in [3.63, 3.8) is 0 Å². The zero-order chi connectivity index (χ0) is 11.8. The van der Waals surface area contributed by atoms with E-state index in [0.717, 1.165) is 24.9 Å². The maximum atomic E-state index is 8.51. The molecule has 0 aliphatic carbocycles. The lowest BCUT2D eigenvalue weighted by atomic mass is 9.98. The number of nitrogens with one attached hydrogen (secondary N) is 1. The third-order valence-corrected chi connectivity index (χ3v) is 2.75. The molecule has 2 N–H and O–H groups in total. The van der Waals surface area contributed by atoms with E-state index >= 15 is 0 Å². The van der Waals surface area contributed by atoms with E-state index in [9.17, 15) is 0 Å². The molecule has 96 valence electrons. The van der Waals surface area contributed by atoms with Crippen molar-refractivity contribution in [3.05, 3.63) is 0 Å². The number of aliphatic hydroxyl groups excluding tert-OH is 1. The highest BCUT2D eigenvalue weighted by Crippen LogP contribution is 2.15. The molecule has 0 bridgehead atoms. The van der Waals surface area contributed by atoms with E-state index in [4.69, 9.17) is 9.84 Å². The minimum Gasteiger partial charge on any atom is -0.394 e. The second kappa shape index (κ2) is 8.01. The molecule has 0 spiro atoms. The van der Waals surface area contributed by atoms with Gasteiger partial charge in [0.2, 0.25) is 0 Å². The normalized spacial score (nSPS) is 18.0. The Morgan fingerprint density at radius 2 is 2.12 bits per heavy atom. The Labute approximate surface area is 99.0 Å². The second-order valence-corrected chi connectivity index (χ2v) is 5.02. The standard InChI is InChI=1S/C12H26N2O2/c1-11(2)8-14-9-12(10-14)7-13-3-5-16-6-4-15/h11-13,15H,3-10H2,1-2H3. The van der Waals surface area contributed by atoms with Crippen molar-refractivity contribution < 1.29 is 9.84 Å². The summed E-state index contributed by atoms with van der Waals surface area (Å²) in [5.74, 6) is 1.59. The molecule has 0 amide bonds. The lowest BCUT2D eigenvalue weighted by Crippen LogP contribution is -2.51. The Bertz CT molecular complexity index is 170. The van der Waals surface area contributed by atoms with Crippen LogP contribution in [0.1, 0.15) is 13.8 Å². The topological polar surface area (TPSA) is 44.7 Å². The smallest absolute Gasteiger partial charge is 0.0698 e. The van der Waals surface area contributed by atoms with Gasteiger partial charge in [-0.2, -0.15) is 0 Å². The Hall–Kier alpha value is -0.160. The van der Waals surface area contributed by atoms with Crippen LogP contribution in [0.25, 0.3) is 0 Å². The van der Waals surface area contributed by atoms with Gasteiger partial charge in [0.1, 0.15) is 0 Å². The van der Waals surface area contributed by atoms with E-state index in [1.54, 1.807) is 0 Å². The molecular formula is C12H26N2O2. The van der Waals surface area contributed by atoms with Crippen molar-refractivity contribution in [3.8, 4) is 0 Å². The van der Waals surface area contributed by atoms with Gasteiger partial charge in [0, 0.05) is 32.7 Å². The van der Waals surface area contributed by atoms with Gasteiger partial charge in [-0.25, -0.2) is 0 Å². The third kappa shape index (κ3) is 5.80. The van der Waals surface area contributed by atoms with E-state index in [1.165, 1.54) is 19.6 Å². The summed E-state index contributed by atoms with van der Waals surface area (Å²) in [5, 5.41) is 11.9. The van der Waals surface area contributed by atoms with Gasteiger partial charge in [-0.15, -0.1) is 0 Å². The Kier molecular flexibility index (Phi) is 6.96. The highest BCUT2D eigenvalue weighted by molar-refractivity contribution is 4.81. The van der Waals surface area contributed by atoms with Crippen LogP contribution >= 0.6 is 0 Å². The summed E-state index contributed by atoms with van der Waals surface area (Å²) in [7, 11) is 0. The third-order valence-electron chi connectivity index (χ3n) is 2.75. The molecule has 4 nitrogen and oxygen atoms in total. The molecule has 1 heterocycles. The van der Waals surface area contributed by atoms with Crippen LogP contribution in [0, 0.1) is 11.8 Å². The van der Waals surface area contributed by atoms with Crippen molar-refractivity contribution in [2.24, 2.45) is 11.8 Å². The molecule has 1 aliphatic rings. The van der Waals surface area contributed by atoms with Gasteiger partial charge in [0.05, 0.1) is 19.8 Å². The van der Waals surface area contributed by atoms with Crippen LogP contribution in [-0.2, 0) is 4.74 Å². The first-order valence-corrected chi connectivity index (χ1v) is 6.34.